The van der Waals surface area contributed by atoms with Gasteiger partial charge in [-0.05, 0) is 6.92 Å². The molecule has 0 aromatic heterocycles. The number of rotatable bonds is 5. The van der Waals surface area contributed by atoms with Gasteiger partial charge in [0.25, 0.3) is 0 Å². The van der Waals surface area contributed by atoms with Crippen molar-refractivity contribution < 1.29 is 140 Å². The van der Waals surface area contributed by atoms with Gasteiger partial charge >= 0.3 is 88.7 Å². The Labute approximate surface area is 187 Å². The van der Waals surface area contributed by atoms with E-state index in [4.69, 9.17) is 10.2 Å². The summed E-state index contributed by atoms with van der Waals surface area (Å²) in [6.07, 6.45) is -2.72. The first-order valence-corrected chi connectivity index (χ1v) is 4.14. The van der Waals surface area contributed by atoms with Gasteiger partial charge in [-0.15, -0.1) is 0 Å². The minimum Gasteiger partial charge on any atom is -0.550 e. The maximum atomic E-state index is 10.1. The average molecular weight is 340 g/mol. The number of aliphatic hydroxyl groups excluding tert-OH is 1. The van der Waals surface area contributed by atoms with Crippen molar-refractivity contribution in [3.63, 3.8) is 0 Å². The summed E-state index contributed by atoms with van der Waals surface area (Å²) in [6, 6.07) is 0. The molecule has 0 radical (unpaired) electrons. The number of carboxylic acid groups (broad SMARTS) is 3. The van der Waals surface area contributed by atoms with Gasteiger partial charge in [-0.1, -0.05) is 0 Å². The molecule has 0 saturated heterocycles. The van der Waals surface area contributed by atoms with Crippen LogP contribution in [0.1, 0.15) is 19.8 Å². The summed E-state index contributed by atoms with van der Waals surface area (Å²) in [5, 5.41) is 46.5. The summed E-state index contributed by atoms with van der Waals surface area (Å²) < 4.78 is 0. The van der Waals surface area contributed by atoms with Crippen molar-refractivity contribution in [1.82, 2.24) is 0 Å². The summed E-state index contributed by atoms with van der Waals surface area (Å²) in [4.78, 5) is 30.0. The molecule has 0 unspecified atom stereocenters. The number of hydrogen-bond donors (Lipinski definition) is 2. The van der Waals surface area contributed by atoms with Gasteiger partial charge < -0.3 is 50.9 Å². The van der Waals surface area contributed by atoms with Crippen molar-refractivity contribution in [3.05, 3.63) is 0 Å². The fourth-order valence-electron chi connectivity index (χ4n) is 0.684. The van der Waals surface area contributed by atoms with Crippen LogP contribution in [0, 0.1) is 0 Å². The Hall–Kier alpha value is 1.25. The molecule has 0 aliphatic heterocycles. The minimum absolute atomic E-state index is 0. The standard InChI is InChI=1S/C6H8O7.C2H6O.3Na.2H2O/c7-3(8)1-6(13,5(11)12)2-4(9)10;1-2-3;;;;;/h13H,1-2H2,(H,7,8)(H,9,10)(H,11,12);3H,2H2,1H3;;;;2*1H2/q;;3*+1;;/p-3. The van der Waals surface area contributed by atoms with Gasteiger partial charge in [-0.25, -0.2) is 0 Å². The first kappa shape index (κ1) is 43.2. The third-order valence-electron chi connectivity index (χ3n) is 1.25. The van der Waals surface area contributed by atoms with Crippen LogP contribution in [0.4, 0.5) is 0 Å². The molecular weight excluding hydrogens is 325 g/mol. The minimum atomic E-state index is -2.97. The van der Waals surface area contributed by atoms with Gasteiger partial charge in [-0.2, -0.15) is 0 Å². The molecule has 0 amide bonds. The van der Waals surface area contributed by atoms with Gasteiger partial charge in [0.1, 0.15) is 5.60 Å². The fourth-order valence-corrected chi connectivity index (χ4v) is 0.684. The predicted octanol–water partition coefficient (Wildman–Crippen LogP) is -15.9. The quantitative estimate of drug-likeness (QED) is 0.455. The third kappa shape index (κ3) is 26.5. The Morgan fingerprint density at radius 1 is 0.905 bits per heavy atom. The van der Waals surface area contributed by atoms with E-state index in [0.29, 0.717) is 0 Å². The molecule has 0 aromatic carbocycles. The summed E-state index contributed by atoms with van der Waals surface area (Å²) in [7, 11) is 0. The molecular formula is C8H15Na3O10. The van der Waals surface area contributed by atoms with E-state index in [1.807, 2.05) is 0 Å². The zero-order valence-electron chi connectivity index (χ0n) is 12.5. The SMILES string of the molecule is CCO.O.O.O=C([O-])CC(O)(CC(=O)[O-])C(=O)[O-].[Na+].[Na+].[Na+]. The zero-order valence-corrected chi connectivity index (χ0v) is 18.5. The van der Waals surface area contributed by atoms with E-state index in [0.717, 1.165) is 0 Å². The monoisotopic (exact) mass is 340 g/mol. The first-order chi connectivity index (χ1) is 7.19. The molecule has 0 rings (SSSR count). The fraction of sp³-hybridized carbons (Fsp3) is 0.625. The van der Waals surface area contributed by atoms with E-state index in [2.05, 4.69) is 0 Å². The third-order valence-corrected chi connectivity index (χ3v) is 1.25. The van der Waals surface area contributed by atoms with Crippen LogP contribution >= 0.6 is 0 Å². The van der Waals surface area contributed by atoms with E-state index in [1.54, 1.807) is 6.92 Å². The molecule has 0 bridgehead atoms. The first-order valence-electron chi connectivity index (χ1n) is 4.14. The Kier molecular flexibility index (Phi) is 48.4. The molecule has 0 atom stereocenters. The number of carbonyl (C=O) groups is 3. The van der Waals surface area contributed by atoms with Crippen molar-refractivity contribution in [3.8, 4) is 0 Å². The second-order valence-electron chi connectivity index (χ2n) is 2.73. The number of carboxylic acids is 3. The number of aliphatic carboxylic acids is 3. The van der Waals surface area contributed by atoms with Crippen LogP contribution in [0.3, 0.4) is 0 Å². The summed E-state index contributed by atoms with van der Waals surface area (Å²) in [5.41, 5.74) is -2.97. The van der Waals surface area contributed by atoms with Gasteiger partial charge in [0, 0.05) is 31.4 Å². The van der Waals surface area contributed by atoms with Crippen molar-refractivity contribution in [2.75, 3.05) is 6.61 Å². The van der Waals surface area contributed by atoms with E-state index in [9.17, 15) is 29.7 Å². The average Bonchev–Trinajstić information content (AvgIpc) is 2.01. The summed E-state index contributed by atoms with van der Waals surface area (Å²) in [6.45, 7) is 1.93. The summed E-state index contributed by atoms with van der Waals surface area (Å²) >= 11 is 0. The topological polar surface area (TPSA) is 224 Å². The zero-order chi connectivity index (χ0) is 13.4. The Bertz CT molecular complexity index is 257. The molecule has 0 fully saturated rings. The second-order valence-corrected chi connectivity index (χ2v) is 2.73. The smallest absolute Gasteiger partial charge is 0.550 e. The summed E-state index contributed by atoms with van der Waals surface area (Å²) in [5.74, 6) is -5.98. The predicted molar refractivity (Wildman–Crippen MR) is 49.2 cm³/mol. The van der Waals surface area contributed by atoms with E-state index >= 15 is 0 Å². The maximum Gasteiger partial charge on any atom is 1.00 e. The van der Waals surface area contributed by atoms with Crippen LogP contribution in [0.2, 0.25) is 0 Å². The molecule has 0 spiro atoms. The van der Waals surface area contributed by atoms with Crippen LogP contribution in [0.5, 0.6) is 0 Å². The Morgan fingerprint density at radius 3 is 1.19 bits per heavy atom. The van der Waals surface area contributed by atoms with Crippen molar-refractivity contribution >= 4 is 17.9 Å². The van der Waals surface area contributed by atoms with Gasteiger partial charge in [0.2, 0.25) is 0 Å². The van der Waals surface area contributed by atoms with Crippen LogP contribution in [0.15, 0.2) is 0 Å². The Morgan fingerprint density at radius 2 is 1.10 bits per heavy atom. The van der Waals surface area contributed by atoms with E-state index in [1.165, 1.54) is 0 Å². The second kappa shape index (κ2) is 23.5. The van der Waals surface area contributed by atoms with Crippen molar-refractivity contribution in [2.24, 2.45) is 0 Å². The van der Waals surface area contributed by atoms with Crippen LogP contribution in [-0.2, 0) is 14.4 Å². The molecule has 0 heterocycles. The number of carbonyl (C=O) groups excluding carboxylic acids is 3. The molecule has 10 nitrogen and oxygen atoms in total. The molecule has 6 N–H and O–H groups in total. The molecule has 0 aromatic rings. The molecule has 21 heavy (non-hydrogen) atoms. The van der Waals surface area contributed by atoms with E-state index in [-0.39, 0.29) is 106 Å². The number of hydrogen-bond acceptors (Lipinski definition) is 8. The Balaban J connectivity index is -0.0000000451. The maximum absolute atomic E-state index is 10.1. The normalized spacial score (nSPS) is 7.57. The largest absolute Gasteiger partial charge is 1.00 e. The van der Waals surface area contributed by atoms with Crippen LogP contribution in [0.25, 0.3) is 0 Å². The van der Waals surface area contributed by atoms with Crippen molar-refractivity contribution in [2.45, 2.75) is 25.4 Å². The molecule has 0 saturated carbocycles. The van der Waals surface area contributed by atoms with E-state index < -0.39 is 36.4 Å². The number of aliphatic hydroxyl groups is 2. The van der Waals surface area contributed by atoms with Crippen LogP contribution < -0.4 is 104 Å². The van der Waals surface area contributed by atoms with Crippen LogP contribution in [-0.4, -0.2) is 51.3 Å². The van der Waals surface area contributed by atoms with Gasteiger partial charge in [-0.3, -0.25) is 0 Å². The molecule has 110 valence electrons. The molecule has 0 aliphatic rings. The van der Waals surface area contributed by atoms with Crippen molar-refractivity contribution in [1.29, 1.82) is 0 Å². The molecule has 13 heteroatoms. The van der Waals surface area contributed by atoms with Gasteiger partial charge in [0.05, 0.1) is 5.97 Å². The molecule has 0 aliphatic carbocycles. The van der Waals surface area contributed by atoms with Gasteiger partial charge in [0.15, 0.2) is 0 Å².